The number of ether oxygens (including phenoxy) is 2. The summed E-state index contributed by atoms with van der Waals surface area (Å²) in [5.41, 5.74) is 0.853. The third-order valence-corrected chi connectivity index (χ3v) is 5.64. The van der Waals surface area contributed by atoms with Crippen LogP contribution in [0.2, 0.25) is 0 Å². The van der Waals surface area contributed by atoms with Crippen molar-refractivity contribution in [1.29, 1.82) is 5.41 Å². The van der Waals surface area contributed by atoms with Gasteiger partial charge in [-0.05, 0) is 79.0 Å². The molecule has 1 aromatic carbocycles. The number of anilines is 1. The molecule has 3 rings (SSSR count). The molecule has 7 heteroatoms. The van der Waals surface area contributed by atoms with Gasteiger partial charge in [0.25, 0.3) is 0 Å². The molecule has 0 spiro atoms. The largest absolute Gasteiger partial charge is 0.514 e. The van der Waals surface area contributed by atoms with Gasteiger partial charge in [-0.1, -0.05) is 0 Å². The summed E-state index contributed by atoms with van der Waals surface area (Å²) in [6, 6.07) is 5.76. The summed E-state index contributed by atoms with van der Waals surface area (Å²) >= 11 is 0. The SMILES string of the molecule is CC(C)Oc1ccc(NC2CCCCO2)c(C(=N)B2OC(C)(C)C(C)(C)O2)c1. The van der Waals surface area contributed by atoms with Crippen LogP contribution in [0.25, 0.3) is 0 Å². The van der Waals surface area contributed by atoms with Crippen LogP contribution in [0.5, 0.6) is 5.75 Å². The molecule has 0 radical (unpaired) electrons. The monoisotopic (exact) mass is 388 g/mol. The van der Waals surface area contributed by atoms with E-state index >= 15 is 0 Å². The van der Waals surface area contributed by atoms with Gasteiger partial charge in [0.15, 0.2) is 0 Å². The third kappa shape index (κ3) is 4.53. The average Bonchev–Trinajstić information content (AvgIpc) is 2.84. The number of nitrogens with one attached hydrogen (secondary N) is 2. The second kappa shape index (κ2) is 8.05. The van der Waals surface area contributed by atoms with Gasteiger partial charge in [-0.2, -0.15) is 0 Å². The highest BCUT2D eigenvalue weighted by Crippen LogP contribution is 2.38. The van der Waals surface area contributed by atoms with Crippen molar-refractivity contribution in [2.75, 3.05) is 11.9 Å². The molecule has 1 unspecified atom stereocenters. The molecule has 2 aliphatic heterocycles. The topological polar surface area (TPSA) is 72.8 Å². The first kappa shape index (κ1) is 21.2. The van der Waals surface area contributed by atoms with Gasteiger partial charge in [-0.25, -0.2) is 0 Å². The van der Waals surface area contributed by atoms with Crippen molar-refractivity contribution in [2.24, 2.45) is 0 Å². The lowest BCUT2D eigenvalue weighted by Crippen LogP contribution is -2.41. The van der Waals surface area contributed by atoms with E-state index in [4.69, 9.17) is 24.2 Å². The highest BCUT2D eigenvalue weighted by Gasteiger charge is 2.53. The minimum absolute atomic E-state index is 0.0459. The molecule has 6 nitrogen and oxygen atoms in total. The Balaban J connectivity index is 1.88. The zero-order valence-electron chi connectivity index (χ0n) is 17.9. The van der Waals surface area contributed by atoms with Gasteiger partial charge >= 0.3 is 7.12 Å². The first-order valence-electron chi connectivity index (χ1n) is 10.2. The van der Waals surface area contributed by atoms with Crippen molar-refractivity contribution >= 4 is 18.4 Å². The Morgan fingerprint density at radius 3 is 2.43 bits per heavy atom. The number of rotatable bonds is 6. The predicted octanol–water partition coefficient (Wildman–Crippen LogP) is 4.41. The normalized spacial score (nSPS) is 23.7. The Kier molecular flexibility index (Phi) is 6.08. The van der Waals surface area contributed by atoms with Gasteiger partial charge < -0.3 is 29.5 Å². The van der Waals surface area contributed by atoms with Crippen molar-refractivity contribution in [2.45, 2.75) is 84.3 Å². The fourth-order valence-corrected chi connectivity index (χ4v) is 3.33. The van der Waals surface area contributed by atoms with Gasteiger partial charge in [-0.15, -0.1) is 0 Å². The van der Waals surface area contributed by atoms with E-state index in [1.165, 1.54) is 0 Å². The van der Waals surface area contributed by atoms with Gasteiger partial charge in [0, 0.05) is 17.9 Å². The van der Waals surface area contributed by atoms with Gasteiger partial charge in [-0.3, -0.25) is 0 Å². The minimum Gasteiger partial charge on any atom is -0.491 e. The smallest absolute Gasteiger partial charge is 0.491 e. The maximum atomic E-state index is 8.83. The molecule has 2 fully saturated rings. The molecular weight excluding hydrogens is 355 g/mol. The van der Waals surface area contributed by atoms with Gasteiger partial charge in [0.2, 0.25) is 0 Å². The first-order valence-corrected chi connectivity index (χ1v) is 10.2. The Morgan fingerprint density at radius 1 is 1.18 bits per heavy atom. The molecule has 0 saturated carbocycles. The Bertz CT molecular complexity index is 698. The molecule has 2 saturated heterocycles. The standard InChI is InChI=1S/C21H33BN2O4/c1-14(2)26-15-10-11-17(24-18-9-7-8-12-25-18)16(13-15)19(23)22-27-20(3,4)21(5,6)28-22/h10-11,13-14,18,23-24H,7-9,12H2,1-6H3. The van der Waals surface area contributed by atoms with E-state index in [0.29, 0.717) is 5.56 Å². The van der Waals surface area contributed by atoms with E-state index < -0.39 is 18.3 Å². The fourth-order valence-electron chi connectivity index (χ4n) is 3.33. The van der Waals surface area contributed by atoms with Crippen molar-refractivity contribution < 1.29 is 18.8 Å². The Morgan fingerprint density at radius 2 is 1.86 bits per heavy atom. The molecule has 0 aliphatic carbocycles. The maximum Gasteiger partial charge on any atom is 0.514 e. The fraction of sp³-hybridized carbons (Fsp3) is 0.667. The summed E-state index contributed by atoms with van der Waals surface area (Å²) in [6.45, 7) is 12.7. The second-order valence-electron chi connectivity index (χ2n) is 8.88. The van der Waals surface area contributed by atoms with Crippen LogP contribution in [0.4, 0.5) is 5.69 Å². The molecule has 28 heavy (non-hydrogen) atoms. The van der Waals surface area contributed by atoms with Crippen LogP contribution >= 0.6 is 0 Å². The molecule has 1 aromatic rings. The van der Waals surface area contributed by atoms with E-state index in [0.717, 1.165) is 37.3 Å². The number of benzene rings is 1. The van der Waals surface area contributed by atoms with Crippen molar-refractivity contribution in [3.63, 3.8) is 0 Å². The van der Waals surface area contributed by atoms with E-state index in [-0.39, 0.29) is 17.9 Å². The van der Waals surface area contributed by atoms with Crippen LogP contribution in [0.3, 0.4) is 0 Å². The lowest BCUT2D eigenvalue weighted by atomic mass is 9.77. The summed E-state index contributed by atoms with van der Waals surface area (Å²) in [5.74, 6) is 0.723. The highest BCUT2D eigenvalue weighted by atomic mass is 16.7. The minimum atomic E-state index is -0.730. The Labute approximate surface area is 168 Å². The van der Waals surface area contributed by atoms with E-state index in [1.54, 1.807) is 0 Å². The highest BCUT2D eigenvalue weighted by molar-refractivity contribution is 6.85. The summed E-state index contributed by atoms with van der Waals surface area (Å²) in [7, 11) is -0.730. The van der Waals surface area contributed by atoms with Crippen LogP contribution in [-0.4, -0.2) is 42.9 Å². The molecule has 0 amide bonds. The quantitative estimate of drug-likeness (QED) is 0.558. The summed E-state index contributed by atoms with van der Waals surface area (Å²) < 4.78 is 23.9. The van der Waals surface area contributed by atoms with E-state index in [1.807, 2.05) is 59.7 Å². The molecule has 2 N–H and O–H groups in total. The van der Waals surface area contributed by atoms with Crippen LogP contribution in [0.15, 0.2) is 18.2 Å². The van der Waals surface area contributed by atoms with Crippen molar-refractivity contribution in [3.05, 3.63) is 23.8 Å². The van der Waals surface area contributed by atoms with Gasteiger partial charge in [0.05, 0.1) is 22.9 Å². The average molecular weight is 388 g/mol. The predicted molar refractivity (Wildman–Crippen MR) is 112 cm³/mol. The summed E-state index contributed by atoms with van der Waals surface area (Å²) in [5, 5.41) is 12.3. The lowest BCUT2D eigenvalue weighted by Gasteiger charge is -2.32. The lowest BCUT2D eigenvalue weighted by molar-refractivity contribution is 0.00578. The molecular formula is C21H33BN2O4. The van der Waals surface area contributed by atoms with Crippen LogP contribution in [-0.2, 0) is 14.0 Å². The summed E-state index contributed by atoms with van der Waals surface area (Å²) in [6.07, 6.45) is 3.19. The summed E-state index contributed by atoms with van der Waals surface area (Å²) in [4.78, 5) is 0. The molecule has 2 heterocycles. The van der Waals surface area contributed by atoms with Crippen LogP contribution < -0.4 is 10.1 Å². The van der Waals surface area contributed by atoms with Gasteiger partial charge in [0.1, 0.15) is 12.0 Å². The van der Waals surface area contributed by atoms with Crippen LogP contribution in [0.1, 0.15) is 66.4 Å². The maximum absolute atomic E-state index is 8.83. The van der Waals surface area contributed by atoms with Crippen LogP contribution in [0, 0.1) is 5.41 Å². The van der Waals surface area contributed by atoms with Crippen molar-refractivity contribution in [1.82, 2.24) is 0 Å². The van der Waals surface area contributed by atoms with E-state index in [2.05, 4.69) is 5.32 Å². The number of hydrogen-bond donors (Lipinski definition) is 2. The van der Waals surface area contributed by atoms with Crippen molar-refractivity contribution in [3.8, 4) is 5.75 Å². The first-order chi connectivity index (χ1) is 13.1. The molecule has 154 valence electrons. The second-order valence-corrected chi connectivity index (χ2v) is 8.88. The molecule has 0 aromatic heterocycles. The van der Waals surface area contributed by atoms with E-state index in [9.17, 15) is 0 Å². The zero-order valence-corrected chi connectivity index (χ0v) is 17.9. The third-order valence-electron chi connectivity index (χ3n) is 5.64. The number of hydrogen-bond acceptors (Lipinski definition) is 6. The molecule has 2 aliphatic rings. The Hall–Kier alpha value is -1.57. The zero-order chi connectivity index (χ0) is 20.5. The molecule has 1 atom stereocenters. The molecule has 0 bridgehead atoms.